The standard InChI is InChI=1S/C26H22O2S/c27-25(19-11-8-14-21(17-19)28-20-12-4-5-13-20)26-24(18-9-2-1-3-10-18)22-15-6-7-16-23(22)29-26/h1-3,6-11,14-17,20H,4-5,12-13H2. The second-order valence-corrected chi connectivity index (χ2v) is 8.60. The molecule has 1 saturated carbocycles. The predicted octanol–water partition coefficient (Wildman–Crippen LogP) is 7.12. The topological polar surface area (TPSA) is 26.3 Å². The van der Waals surface area contributed by atoms with E-state index in [0.717, 1.165) is 44.7 Å². The molecule has 0 radical (unpaired) electrons. The molecule has 1 aliphatic carbocycles. The molecule has 0 atom stereocenters. The number of carbonyl (C=O) groups is 1. The maximum Gasteiger partial charge on any atom is 0.203 e. The highest BCUT2D eigenvalue weighted by Crippen LogP contribution is 2.40. The second-order valence-electron chi connectivity index (χ2n) is 7.55. The summed E-state index contributed by atoms with van der Waals surface area (Å²) in [5.41, 5.74) is 2.79. The van der Waals surface area contributed by atoms with Gasteiger partial charge in [-0.25, -0.2) is 0 Å². The van der Waals surface area contributed by atoms with Gasteiger partial charge in [0.05, 0.1) is 11.0 Å². The van der Waals surface area contributed by atoms with Crippen molar-refractivity contribution >= 4 is 27.2 Å². The zero-order chi connectivity index (χ0) is 19.6. The lowest BCUT2D eigenvalue weighted by molar-refractivity contribution is 0.104. The fraction of sp³-hybridized carbons (Fsp3) is 0.192. The lowest BCUT2D eigenvalue weighted by Crippen LogP contribution is -2.11. The van der Waals surface area contributed by atoms with Crippen molar-refractivity contribution in [3.63, 3.8) is 0 Å². The number of thiophene rings is 1. The van der Waals surface area contributed by atoms with Crippen LogP contribution in [0.4, 0.5) is 0 Å². The van der Waals surface area contributed by atoms with Gasteiger partial charge in [-0.15, -0.1) is 11.3 Å². The molecule has 144 valence electrons. The van der Waals surface area contributed by atoms with Gasteiger partial charge in [0.15, 0.2) is 0 Å². The van der Waals surface area contributed by atoms with Crippen molar-refractivity contribution in [1.82, 2.24) is 0 Å². The molecule has 1 heterocycles. The first kappa shape index (κ1) is 18.1. The van der Waals surface area contributed by atoms with E-state index in [0.29, 0.717) is 5.56 Å². The number of carbonyl (C=O) groups excluding carboxylic acids is 1. The van der Waals surface area contributed by atoms with Gasteiger partial charge in [-0.3, -0.25) is 4.79 Å². The molecule has 1 fully saturated rings. The number of benzene rings is 3. The predicted molar refractivity (Wildman–Crippen MR) is 120 cm³/mol. The third kappa shape index (κ3) is 3.58. The van der Waals surface area contributed by atoms with Crippen molar-refractivity contribution in [2.24, 2.45) is 0 Å². The maximum atomic E-state index is 13.6. The molecule has 0 unspecified atom stereocenters. The minimum Gasteiger partial charge on any atom is -0.490 e. The number of fused-ring (bicyclic) bond motifs is 1. The molecule has 0 N–H and O–H groups in total. The first-order chi connectivity index (χ1) is 14.3. The van der Waals surface area contributed by atoms with E-state index in [1.165, 1.54) is 12.8 Å². The van der Waals surface area contributed by atoms with Crippen LogP contribution in [0.25, 0.3) is 21.2 Å². The summed E-state index contributed by atoms with van der Waals surface area (Å²) in [5, 5.41) is 1.13. The van der Waals surface area contributed by atoms with Gasteiger partial charge in [0.25, 0.3) is 0 Å². The van der Waals surface area contributed by atoms with Crippen LogP contribution in [0.1, 0.15) is 40.9 Å². The third-order valence-electron chi connectivity index (χ3n) is 5.57. The Morgan fingerprint density at radius 3 is 2.45 bits per heavy atom. The average Bonchev–Trinajstić information content (AvgIpc) is 3.41. The van der Waals surface area contributed by atoms with E-state index in [2.05, 4.69) is 24.3 Å². The van der Waals surface area contributed by atoms with Gasteiger partial charge in [-0.05, 0) is 49.4 Å². The van der Waals surface area contributed by atoms with Gasteiger partial charge in [-0.1, -0.05) is 60.7 Å². The van der Waals surface area contributed by atoms with Gasteiger partial charge < -0.3 is 4.74 Å². The van der Waals surface area contributed by atoms with E-state index in [4.69, 9.17) is 4.74 Å². The highest BCUT2D eigenvalue weighted by atomic mass is 32.1. The van der Waals surface area contributed by atoms with Gasteiger partial charge in [-0.2, -0.15) is 0 Å². The summed E-state index contributed by atoms with van der Waals surface area (Å²) in [6, 6.07) is 26.1. The molecule has 0 bridgehead atoms. The van der Waals surface area contributed by atoms with Crippen LogP contribution in [-0.4, -0.2) is 11.9 Å². The summed E-state index contributed by atoms with van der Waals surface area (Å²) in [6.07, 6.45) is 4.94. The van der Waals surface area contributed by atoms with E-state index >= 15 is 0 Å². The monoisotopic (exact) mass is 398 g/mol. The number of hydrogen-bond acceptors (Lipinski definition) is 3. The van der Waals surface area contributed by atoms with Crippen molar-refractivity contribution in [3.8, 4) is 16.9 Å². The summed E-state index contributed by atoms with van der Waals surface area (Å²) < 4.78 is 7.26. The lowest BCUT2D eigenvalue weighted by atomic mass is 9.98. The molecule has 0 amide bonds. The number of ketones is 1. The van der Waals surface area contributed by atoms with E-state index in [1.807, 2.05) is 54.6 Å². The minimum atomic E-state index is 0.0573. The average molecular weight is 399 g/mol. The molecule has 0 spiro atoms. The molecule has 29 heavy (non-hydrogen) atoms. The van der Waals surface area contributed by atoms with Gasteiger partial charge in [0.2, 0.25) is 5.78 Å². The molecule has 4 aromatic rings. The number of ether oxygens (including phenoxy) is 1. The summed E-state index contributed by atoms with van der Waals surface area (Å²) in [5.74, 6) is 0.854. The van der Waals surface area contributed by atoms with Crippen molar-refractivity contribution in [1.29, 1.82) is 0 Å². The molecular weight excluding hydrogens is 376 g/mol. The van der Waals surface area contributed by atoms with Crippen LogP contribution in [0.3, 0.4) is 0 Å². The molecule has 2 nitrogen and oxygen atoms in total. The van der Waals surface area contributed by atoms with Crippen LogP contribution in [0.5, 0.6) is 5.75 Å². The van der Waals surface area contributed by atoms with Crippen molar-refractivity contribution in [2.75, 3.05) is 0 Å². The summed E-state index contributed by atoms with van der Waals surface area (Å²) >= 11 is 1.57. The van der Waals surface area contributed by atoms with Crippen LogP contribution in [0.15, 0.2) is 78.9 Å². The molecule has 1 aromatic heterocycles. The van der Waals surface area contributed by atoms with Crippen molar-refractivity contribution in [2.45, 2.75) is 31.8 Å². The molecule has 0 saturated heterocycles. The van der Waals surface area contributed by atoms with Crippen LogP contribution >= 0.6 is 11.3 Å². The highest BCUT2D eigenvalue weighted by molar-refractivity contribution is 7.21. The Balaban J connectivity index is 1.56. The molecule has 3 aromatic carbocycles. The summed E-state index contributed by atoms with van der Waals surface area (Å²) in [4.78, 5) is 14.3. The molecule has 1 aliphatic rings. The fourth-order valence-corrected chi connectivity index (χ4v) is 5.32. The smallest absolute Gasteiger partial charge is 0.203 e. The quantitative estimate of drug-likeness (QED) is 0.335. The van der Waals surface area contributed by atoms with Crippen molar-refractivity contribution < 1.29 is 9.53 Å². The summed E-state index contributed by atoms with van der Waals surface area (Å²) in [7, 11) is 0. The highest BCUT2D eigenvalue weighted by Gasteiger charge is 2.22. The second kappa shape index (κ2) is 7.84. The van der Waals surface area contributed by atoms with Gasteiger partial charge in [0.1, 0.15) is 5.75 Å². The van der Waals surface area contributed by atoms with E-state index in [1.54, 1.807) is 11.3 Å². The molecule has 5 rings (SSSR count). The van der Waals surface area contributed by atoms with Gasteiger partial charge in [0, 0.05) is 21.2 Å². The first-order valence-corrected chi connectivity index (χ1v) is 11.0. The Morgan fingerprint density at radius 1 is 0.862 bits per heavy atom. The Bertz CT molecular complexity index is 1150. The molecule has 3 heteroatoms. The van der Waals surface area contributed by atoms with E-state index in [9.17, 15) is 4.79 Å². The van der Waals surface area contributed by atoms with Crippen LogP contribution in [0, 0.1) is 0 Å². The van der Waals surface area contributed by atoms with Crippen LogP contribution in [-0.2, 0) is 0 Å². The minimum absolute atomic E-state index is 0.0573. The Labute approximate surface area is 174 Å². The van der Waals surface area contributed by atoms with Crippen LogP contribution in [0.2, 0.25) is 0 Å². The normalized spacial score (nSPS) is 14.3. The molecule has 0 aliphatic heterocycles. The number of rotatable bonds is 5. The Morgan fingerprint density at radius 2 is 1.62 bits per heavy atom. The zero-order valence-electron chi connectivity index (χ0n) is 16.1. The Kier molecular flexibility index (Phi) is 4.91. The third-order valence-corrected chi connectivity index (χ3v) is 6.73. The molecular formula is C26H22O2S. The lowest BCUT2D eigenvalue weighted by Gasteiger charge is -2.13. The van der Waals surface area contributed by atoms with Crippen LogP contribution < -0.4 is 4.74 Å². The largest absolute Gasteiger partial charge is 0.490 e. The van der Waals surface area contributed by atoms with Crippen molar-refractivity contribution in [3.05, 3.63) is 89.3 Å². The SMILES string of the molecule is O=C(c1cccc(OC2CCCC2)c1)c1sc2ccccc2c1-c1ccccc1. The van der Waals surface area contributed by atoms with E-state index < -0.39 is 0 Å². The number of hydrogen-bond donors (Lipinski definition) is 0. The summed E-state index contributed by atoms with van der Waals surface area (Å²) in [6.45, 7) is 0. The Hall–Kier alpha value is -2.91. The first-order valence-electron chi connectivity index (χ1n) is 10.2. The maximum absolute atomic E-state index is 13.6. The van der Waals surface area contributed by atoms with E-state index in [-0.39, 0.29) is 11.9 Å². The zero-order valence-corrected chi connectivity index (χ0v) is 17.0. The van der Waals surface area contributed by atoms with Gasteiger partial charge >= 0.3 is 0 Å². The fourth-order valence-electron chi connectivity index (χ4n) is 4.14.